The van der Waals surface area contributed by atoms with Gasteiger partial charge in [0.2, 0.25) is 0 Å². The fourth-order valence-electron chi connectivity index (χ4n) is 2.54. The lowest BCUT2D eigenvalue weighted by Crippen LogP contribution is -1.99. The van der Waals surface area contributed by atoms with Crippen LogP contribution < -0.4 is 10.2 Å². The third-order valence-corrected chi connectivity index (χ3v) is 3.95. The Hall–Kier alpha value is -3.21. The maximum Gasteiger partial charge on any atom is 0.150 e. The number of hydrogen-bond donors (Lipinski definition) is 1. The molecule has 3 rings (SSSR count). The Kier molecular flexibility index (Phi) is 6.52. The SMILES string of the molecule is CCCCOc1ccc(/C=N\Nc2cc(-c3ccccc3)nc(C)n2)cc1. The molecule has 1 aromatic heterocycles. The molecule has 5 nitrogen and oxygen atoms in total. The van der Waals surface area contributed by atoms with Gasteiger partial charge < -0.3 is 4.74 Å². The molecule has 0 saturated heterocycles. The van der Waals surface area contributed by atoms with Gasteiger partial charge in [-0.05, 0) is 43.2 Å². The zero-order valence-corrected chi connectivity index (χ0v) is 15.7. The normalized spacial score (nSPS) is 10.9. The lowest BCUT2D eigenvalue weighted by molar-refractivity contribution is 0.309. The number of hydrazone groups is 1. The van der Waals surface area contributed by atoms with Crippen LogP contribution in [0.5, 0.6) is 5.75 Å². The first-order chi connectivity index (χ1) is 13.2. The summed E-state index contributed by atoms with van der Waals surface area (Å²) in [4.78, 5) is 8.88. The number of nitrogens with zero attached hydrogens (tertiary/aromatic N) is 3. The van der Waals surface area contributed by atoms with Crippen LogP contribution in [0.3, 0.4) is 0 Å². The monoisotopic (exact) mass is 360 g/mol. The van der Waals surface area contributed by atoms with Crippen LogP contribution in [0.4, 0.5) is 5.82 Å². The van der Waals surface area contributed by atoms with Gasteiger partial charge in [0, 0.05) is 11.6 Å². The van der Waals surface area contributed by atoms with E-state index in [0.717, 1.165) is 42.0 Å². The van der Waals surface area contributed by atoms with Gasteiger partial charge in [-0.1, -0.05) is 43.7 Å². The Morgan fingerprint density at radius 2 is 1.81 bits per heavy atom. The second-order valence-electron chi connectivity index (χ2n) is 6.19. The third kappa shape index (κ3) is 5.64. The summed E-state index contributed by atoms with van der Waals surface area (Å²) < 4.78 is 5.67. The molecule has 2 aromatic carbocycles. The van der Waals surface area contributed by atoms with Crippen molar-refractivity contribution in [2.24, 2.45) is 5.10 Å². The van der Waals surface area contributed by atoms with E-state index in [4.69, 9.17) is 4.74 Å². The lowest BCUT2D eigenvalue weighted by atomic mass is 10.1. The Morgan fingerprint density at radius 3 is 2.56 bits per heavy atom. The second kappa shape index (κ2) is 9.48. The van der Waals surface area contributed by atoms with Crippen molar-refractivity contribution in [1.29, 1.82) is 0 Å². The number of rotatable bonds is 8. The van der Waals surface area contributed by atoms with Crippen molar-refractivity contribution in [3.8, 4) is 17.0 Å². The minimum absolute atomic E-state index is 0.664. The van der Waals surface area contributed by atoms with Crippen molar-refractivity contribution in [2.75, 3.05) is 12.0 Å². The van der Waals surface area contributed by atoms with Crippen LogP contribution in [0, 0.1) is 6.92 Å². The Bertz CT molecular complexity index is 877. The Labute approximate surface area is 160 Å². The van der Waals surface area contributed by atoms with Crippen LogP contribution in [0.25, 0.3) is 11.3 Å². The Morgan fingerprint density at radius 1 is 1.04 bits per heavy atom. The molecule has 27 heavy (non-hydrogen) atoms. The number of anilines is 1. The highest BCUT2D eigenvalue weighted by Crippen LogP contribution is 2.19. The highest BCUT2D eigenvalue weighted by molar-refractivity contribution is 5.80. The number of aromatic nitrogens is 2. The van der Waals surface area contributed by atoms with E-state index in [9.17, 15) is 0 Å². The molecule has 0 bridgehead atoms. The van der Waals surface area contributed by atoms with E-state index in [1.54, 1.807) is 6.21 Å². The van der Waals surface area contributed by atoms with Crippen LogP contribution in [-0.2, 0) is 0 Å². The van der Waals surface area contributed by atoms with Crippen LogP contribution in [0.2, 0.25) is 0 Å². The van der Waals surface area contributed by atoms with Crippen molar-refractivity contribution in [2.45, 2.75) is 26.7 Å². The number of benzene rings is 2. The molecule has 5 heteroatoms. The van der Waals surface area contributed by atoms with E-state index in [1.165, 1.54) is 0 Å². The Balaban J connectivity index is 1.63. The summed E-state index contributed by atoms with van der Waals surface area (Å²) >= 11 is 0. The first-order valence-electron chi connectivity index (χ1n) is 9.17. The van der Waals surface area contributed by atoms with Gasteiger partial charge in [0.15, 0.2) is 0 Å². The molecule has 1 heterocycles. The second-order valence-corrected chi connectivity index (χ2v) is 6.19. The molecule has 0 spiro atoms. The van der Waals surface area contributed by atoms with Gasteiger partial charge in [0.25, 0.3) is 0 Å². The standard InChI is InChI=1S/C22H24N4O/c1-3-4-14-27-20-12-10-18(11-13-20)16-23-26-22-15-21(24-17(2)25-22)19-8-6-5-7-9-19/h5-13,15-16H,3-4,14H2,1-2H3,(H,24,25,26)/b23-16-. The molecular weight excluding hydrogens is 336 g/mol. The van der Waals surface area contributed by atoms with Crippen molar-refractivity contribution in [1.82, 2.24) is 9.97 Å². The molecule has 0 unspecified atom stereocenters. The summed E-state index contributed by atoms with van der Waals surface area (Å²) in [5.74, 6) is 2.24. The molecule has 0 aliphatic carbocycles. The average molecular weight is 360 g/mol. The average Bonchev–Trinajstić information content (AvgIpc) is 2.70. The van der Waals surface area contributed by atoms with E-state index in [0.29, 0.717) is 11.6 Å². The molecule has 0 amide bonds. The smallest absolute Gasteiger partial charge is 0.150 e. The predicted molar refractivity (Wildman–Crippen MR) is 110 cm³/mol. The van der Waals surface area contributed by atoms with E-state index < -0.39 is 0 Å². The molecule has 138 valence electrons. The summed E-state index contributed by atoms with van der Waals surface area (Å²) in [5, 5.41) is 4.29. The molecule has 0 saturated carbocycles. The number of nitrogens with one attached hydrogen (secondary N) is 1. The fourth-order valence-corrected chi connectivity index (χ4v) is 2.54. The van der Waals surface area contributed by atoms with E-state index in [1.807, 2.05) is 67.6 Å². The van der Waals surface area contributed by atoms with Crippen molar-refractivity contribution < 1.29 is 4.74 Å². The highest BCUT2D eigenvalue weighted by Gasteiger charge is 2.03. The zero-order chi connectivity index (χ0) is 18.9. The van der Waals surface area contributed by atoms with Gasteiger partial charge in [-0.2, -0.15) is 5.10 Å². The molecule has 1 N–H and O–H groups in total. The molecule has 0 atom stereocenters. The summed E-state index contributed by atoms with van der Waals surface area (Å²) in [6, 6.07) is 19.8. The molecule has 0 radical (unpaired) electrons. The summed E-state index contributed by atoms with van der Waals surface area (Å²) in [7, 11) is 0. The molecule has 3 aromatic rings. The highest BCUT2D eigenvalue weighted by atomic mass is 16.5. The van der Waals surface area contributed by atoms with Crippen LogP contribution in [0.15, 0.2) is 65.8 Å². The third-order valence-electron chi connectivity index (χ3n) is 3.95. The summed E-state index contributed by atoms with van der Waals surface area (Å²) in [5.41, 5.74) is 5.89. The van der Waals surface area contributed by atoms with Crippen molar-refractivity contribution in [3.63, 3.8) is 0 Å². The summed E-state index contributed by atoms with van der Waals surface area (Å²) in [6.45, 7) is 4.78. The largest absolute Gasteiger partial charge is 0.494 e. The van der Waals surface area contributed by atoms with Gasteiger partial charge in [-0.3, -0.25) is 5.43 Å². The maximum atomic E-state index is 5.67. The predicted octanol–water partition coefficient (Wildman–Crippen LogP) is 5.08. The number of aryl methyl sites for hydroxylation is 1. The fraction of sp³-hybridized carbons (Fsp3) is 0.227. The zero-order valence-electron chi connectivity index (χ0n) is 15.7. The maximum absolute atomic E-state index is 5.67. The number of ether oxygens (including phenoxy) is 1. The van der Waals surface area contributed by atoms with Crippen LogP contribution in [-0.4, -0.2) is 22.8 Å². The first kappa shape index (κ1) is 18.6. The minimum Gasteiger partial charge on any atom is -0.494 e. The van der Waals surface area contributed by atoms with E-state index in [2.05, 4.69) is 27.4 Å². The quantitative estimate of drug-likeness (QED) is 0.346. The van der Waals surface area contributed by atoms with Gasteiger partial charge in [0.05, 0.1) is 18.5 Å². The van der Waals surface area contributed by atoms with Gasteiger partial charge in [0.1, 0.15) is 17.4 Å². The van der Waals surface area contributed by atoms with Crippen LogP contribution in [0.1, 0.15) is 31.2 Å². The van der Waals surface area contributed by atoms with Crippen molar-refractivity contribution in [3.05, 3.63) is 72.1 Å². The summed E-state index contributed by atoms with van der Waals surface area (Å²) in [6.07, 6.45) is 3.96. The topological polar surface area (TPSA) is 59.4 Å². The van der Waals surface area contributed by atoms with Crippen molar-refractivity contribution >= 4 is 12.0 Å². The van der Waals surface area contributed by atoms with Gasteiger partial charge >= 0.3 is 0 Å². The number of hydrogen-bond acceptors (Lipinski definition) is 5. The first-order valence-corrected chi connectivity index (χ1v) is 9.17. The molecular formula is C22H24N4O. The number of unbranched alkanes of at least 4 members (excludes halogenated alkanes) is 1. The van der Waals surface area contributed by atoms with E-state index >= 15 is 0 Å². The van der Waals surface area contributed by atoms with E-state index in [-0.39, 0.29) is 0 Å². The van der Waals surface area contributed by atoms with Gasteiger partial charge in [-0.25, -0.2) is 9.97 Å². The molecule has 0 aliphatic heterocycles. The van der Waals surface area contributed by atoms with Crippen LogP contribution >= 0.6 is 0 Å². The molecule has 0 fully saturated rings. The molecule has 0 aliphatic rings. The lowest BCUT2D eigenvalue weighted by Gasteiger charge is -2.06. The minimum atomic E-state index is 0.664. The van der Waals surface area contributed by atoms with Gasteiger partial charge in [-0.15, -0.1) is 0 Å².